The second kappa shape index (κ2) is 9.72. The van der Waals surface area contributed by atoms with E-state index >= 15 is 0 Å². The first-order chi connectivity index (χ1) is 7.56. The molecule has 0 amide bonds. The molecule has 0 radical (unpaired) electrons. The van der Waals surface area contributed by atoms with Gasteiger partial charge in [-0.15, -0.1) is 11.6 Å². The lowest BCUT2D eigenvalue weighted by Crippen LogP contribution is -1.91. The standard InChI is InChI=1S/C15H25Cl/c1-13(2)7-5-8-14(3)9-6-10-15(4)11-12-16/h6-7,10-11,14H,5,8-9,12H2,1-4H3/b10-6+,15-11+. The van der Waals surface area contributed by atoms with Crippen LogP contribution in [-0.4, -0.2) is 5.88 Å². The Hall–Kier alpha value is -0.490. The average molecular weight is 241 g/mol. The van der Waals surface area contributed by atoms with Gasteiger partial charge in [-0.1, -0.05) is 42.4 Å². The summed E-state index contributed by atoms with van der Waals surface area (Å²) in [5.41, 5.74) is 2.68. The molecule has 0 saturated heterocycles. The van der Waals surface area contributed by atoms with E-state index in [0.717, 1.165) is 12.3 Å². The van der Waals surface area contributed by atoms with Gasteiger partial charge in [-0.3, -0.25) is 0 Å². The molecule has 0 aromatic heterocycles. The van der Waals surface area contributed by atoms with E-state index in [1.165, 1.54) is 24.0 Å². The van der Waals surface area contributed by atoms with Gasteiger partial charge >= 0.3 is 0 Å². The first-order valence-corrected chi connectivity index (χ1v) is 6.62. The topological polar surface area (TPSA) is 0 Å². The molecule has 0 aromatic carbocycles. The Morgan fingerprint density at radius 1 is 1.19 bits per heavy atom. The van der Waals surface area contributed by atoms with Crippen LogP contribution in [0.25, 0.3) is 0 Å². The average Bonchev–Trinajstić information content (AvgIpc) is 2.17. The van der Waals surface area contributed by atoms with Crippen LogP contribution in [0.15, 0.2) is 35.5 Å². The predicted molar refractivity (Wildman–Crippen MR) is 76.1 cm³/mol. The zero-order valence-electron chi connectivity index (χ0n) is 11.1. The normalized spacial score (nSPS) is 14.2. The molecule has 92 valence electrons. The Balaban J connectivity index is 3.76. The lowest BCUT2D eigenvalue weighted by molar-refractivity contribution is 0.545. The number of allylic oxidation sites excluding steroid dienone is 6. The molecule has 0 rings (SSSR count). The van der Waals surface area contributed by atoms with Crippen LogP contribution in [0.3, 0.4) is 0 Å². The highest BCUT2D eigenvalue weighted by atomic mass is 35.5. The van der Waals surface area contributed by atoms with Crippen molar-refractivity contribution in [1.29, 1.82) is 0 Å². The van der Waals surface area contributed by atoms with Crippen molar-refractivity contribution in [3.8, 4) is 0 Å². The molecule has 0 heterocycles. The van der Waals surface area contributed by atoms with Crippen molar-refractivity contribution >= 4 is 11.6 Å². The molecule has 0 spiro atoms. The maximum Gasteiger partial charge on any atom is 0.0409 e. The SMILES string of the molecule is CC(C)=CCCC(C)C/C=C/C(C)=C/CCl. The summed E-state index contributed by atoms with van der Waals surface area (Å²) in [6, 6.07) is 0. The van der Waals surface area contributed by atoms with Gasteiger partial charge in [0, 0.05) is 5.88 Å². The van der Waals surface area contributed by atoms with Gasteiger partial charge in [0.25, 0.3) is 0 Å². The van der Waals surface area contributed by atoms with Gasteiger partial charge in [0.05, 0.1) is 0 Å². The van der Waals surface area contributed by atoms with E-state index in [2.05, 4.69) is 45.9 Å². The first kappa shape index (κ1) is 15.5. The maximum absolute atomic E-state index is 5.62. The summed E-state index contributed by atoms with van der Waals surface area (Å²) in [4.78, 5) is 0. The van der Waals surface area contributed by atoms with Crippen LogP contribution >= 0.6 is 11.6 Å². The van der Waals surface area contributed by atoms with Crippen molar-refractivity contribution in [1.82, 2.24) is 0 Å². The summed E-state index contributed by atoms with van der Waals surface area (Å²) < 4.78 is 0. The second-order valence-corrected chi connectivity index (χ2v) is 5.01. The molecule has 0 aliphatic heterocycles. The third-order valence-electron chi connectivity index (χ3n) is 2.53. The van der Waals surface area contributed by atoms with Crippen molar-refractivity contribution in [2.45, 2.75) is 47.0 Å². The molecule has 1 heteroatoms. The van der Waals surface area contributed by atoms with E-state index < -0.39 is 0 Å². The largest absolute Gasteiger partial charge is 0.122 e. The molecule has 1 atom stereocenters. The van der Waals surface area contributed by atoms with Gasteiger partial charge in [-0.05, 0) is 46.0 Å². The fraction of sp³-hybridized carbons (Fsp3) is 0.600. The van der Waals surface area contributed by atoms with E-state index in [1.54, 1.807) is 0 Å². The van der Waals surface area contributed by atoms with Gasteiger partial charge in [-0.2, -0.15) is 0 Å². The van der Waals surface area contributed by atoms with Crippen molar-refractivity contribution in [2.24, 2.45) is 5.92 Å². The molecule has 0 aliphatic carbocycles. The molecular formula is C15H25Cl. The fourth-order valence-electron chi connectivity index (χ4n) is 1.45. The number of hydrogen-bond acceptors (Lipinski definition) is 0. The minimum absolute atomic E-state index is 0.603. The minimum atomic E-state index is 0.603. The van der Waals surface area contributed by atoms with Gasteiger partial charge in [0.1, 0.15) is 0 Å². The third-order valence-corrected chi connectivity index (χ3v) is 2.68. The van der Waals surface area contributed by atoms with Gasteiger partial charge in [0.2, 0.25) is 0 Å². The molecule has 0 aromatic rings. The monoisotopic (exact) mass is 240 g/mol. The summed E-state index contributed by atoms with van der Waals surface area (Å²) in [7, 11) is 0. The molecule has 0 nitrogen and oxygen atoms in total. The molecular weight excluding hydrogens is 216 g/mol. The fourth-order valence-corrected chi connectivity index (χ4v) is 1.69. The number of rotatable bonds is 7. The lowest BCUT2D eigenvalue weighted by Gasteiger charge is -2.06. The zero-order valence-corrected chi connectivity index (χ0v) is 11.8. The van der Waals surface area contributed by atoms with Crippen molar-refractivity contribution < 1.29 is 0 Å². The summed E-state index contributed by atoms with van der Waals surface area (Å²) in [6.07, 6.45) is 12.4. The molecule has 0 aliphatic rings. The van der Waals surface area contributed by atoms with E-state index in [0.29, 0.717) is 5.88 Å². The Labute approximate surface area is 106 Å². The number of halogens is 1. The third kappa shape index (κ3) is 10.0. The van der Waals surface area contributed by atoms with Crippen molar-refractivity contribution in [3.63, 3.8) is 0 Å². The summed E-state index contributed by atoms with van der Waals surface area (Å²) in [6.45, 7) is 8.71. The van der Waals surface area contributed by atoms with E-state index in [9.17, 15) is 0 Å². The van der Waals surface area contributed by atoms with Crippen LogP contribution in [0, 0.1) is 5.92 Å². The van der Waals surface area contributed by atoms with Crippen molar-refractivity contribution in [3.05, 3.63) is 35.5 Å². The number of hydrogen-bond donors (Lipinski definition) is 0. The summed E-state index contributed by atoms with van der Waals surface area (Å²) in [5, 5.41) is 0. The van der Waals surface area contributed by atoms with Crippen LogP contribution in [0.2, 0.25) is 0 Å². The quantitative estimate of drug-likeness (QED) is 0.313. The smallest absolute Gasteiger partial charge is 0.0409 e. The highest BCUT2D eigenvalue weighted by Crippen LogP contribution is 2.13. The molecule has 1 unspecified atom stereocenters. The molecule has 0 bridgehead atoms. The Bertz CT molecular complexity index is 255. The molecule has 0 fully saturated rings. The number of alkyl halides is 1. The Morgan fingerprint density at radius 3 is 2.44 bits per heavy atom. The van der Waals surface area contributed by atoms with Crippen LogP contribution < -0.4 is 0 Å². The highest BCUT2D eigenvalue weighted by Gasteiger charge is 1.97. The lowest BCUT2D eigenvalue weighted by atomic mass is 10.0. The minimum Gasteiger partial charge on any atom is -0.122 e. The van der Waals surface area contributed by atoms with Crippen LogP contribution in [0.5, 0.6) is 0 Å². The first-order valence-electron chi connectivity index (χ1n) is 6.09. The van der Waals surface area contributed by atoms with E-state index in [1.807, 2.05) is 6.08 Å². The Morgan fingerprint density at radius 2 is 1.88 bits per heavy atom. The summed E-state index contributed by atoms with van der Waals surface area (Å²) >= 11 is 5.62. The molecule has 0 N–H and O–H groups in total. The molecule has 16 heavy (non-hydrogen) atoms. The van der Waals surface area contributed by atoms with Gasteiger partial charge in [-0.25, -0.2) is 0 Å². The van der Waals surface area contributed by atoms with Crippen LogP contribution in [-0.2, 0) is 0 Å². The van der Waals surface area contributed by atoms with Crippen LogP contribution in [0.1, 0.15) is 47.0 Å². The Kier molecular flexibility index (Phi) is 9.42. The summed E-state index contributed by atoms with van der Waals surface area (Å²) in [5.74, 6) is 1.36. The van der Waals surface area contributed by atoms with Crippen LogP contribution in [0.4, 0.5) is 0 Å². The van der Waals surface area contributed by atoms with Gasteiger partial charge in [0.15, 0.2) is 0 Å². The van der Waals surface area contributed by atoms with E-state index in [-0.39, 0.29) is 0 Å². The maximum atomic E-state index is 5.62. The van der Waals surface area contributed by atoms with Gasteiger partial charge < -0.3 is 0 Å². The highest BCUT2D eigenvalue weighted by molar-refractivity contribution is 6.18. The zero-order chi connectivity index (χ0) is 12.4. The second-order valence-electron chi connectivity index (χ2n) is 4.70. The molecule has 0 saturated carbocycles. The predicted octanol–water partition coefficient (Wildman–Crippen LogP) is 5.50. The van der Waals surface area contributed by atoms with Crippen molar-refractivity contribution in [2.75, 3.05) is 5.88 Å². The van der Waals surface area contributed by atoms with E-state index in [4.69, 9.17) is 11.6 Å².